The van der Waals surface area contributed by atoms with Crippen LogP contribution in [-0.2, 0) is 24.4 Å². The number of primary amides is 1. The SMILES string of the molecule is [CH2][CH]N([CH][CH2])c1ccc(-c2nc3cc(C(CC(N)=O)N(Cc4ccc(Cl)c(Cl)c4)Cc4ccc(Cl)c(Cl)c4)ccc3n2CC23CC4CC(CC(C4)C2)C3)cc1. The zero-order chi connectivity index (χ0) is 38.4. The molecule has 0 spiro atoms. The molecule has 4 radical (unpaired) electrons. The van der Waals surface area contributed by atoms with Crippen LogP contribution in [0.2, 0.25) is 20.1 Å². The van der Waals surface area contributed by atoms with Crippen molar-refractivity contribution in [3.05, 3.63) is 143 Å². The molecule has 0 saturated heterocycles. The molecule has 4 aromatic carbocycles. The van der Waals surface area contributed by atoms with Crippen molar-refractivity contribution in [1.82, 2.24) is 14.5 Å². The largest absolute Gasteiger partial charge is 0.370 e. The molecular formula is C45H45Cl4N5O. The average Bonchev–Trinajstić information content (AvgIpc) is 3.50. The Bertz CT molecular complexity index is 2110. The van der Waals surface area contributed by atoms with E-state index in [0.29, 0.717) is 33.2 Å². The number of aromatic nitrogens is 2. The molecule has 4 bridgehead atoms. The van der Waals surface area contributed by atoms with Crippen molar-refractivity contribution in [2.75, 3.05) is 4.90 Å². The van der Waals surface area contributed by atoms with Crippen molar-refractivity contribution in [3.8, 4) is 11.4 Å². The van der Waals surface area contributed by atoms with Crippen LogP contribution in [0.3, 0.4) is 0 Å². The molecule has 1 heterocycles. The predicted molar refractivity (Wildman–Crippen MR) is 226 cm³/mol. The monoisotopic (exact) mass is 811 g/mol. The number of carbonyl (C=O) groups is 1. The normalized spacial score (nSPS) is 22.1. The van der Waals surface area contributed by atoms with Crippen LogP contribution < -0.4 is 10.6 Å². The summed E-state index contributed by atoms with van der Waals surface area (Å²) in [4.78, 5) is 22.4. The number of rotatable bonds is 14. The van der Waals surface area contributed by atoms with E-state index < -0.39 is 5.91 Å². The van der Waals surface area contributed by atoms with Crippen LogP contribution in [0.1, 0.15) is 67.7 Å². The highest BCUT2D eigenvalue weighted by molar-refractivity contribution is 6.42. The molecule has 4 aliphatic carbocycles. The van der Waals surface area contributed by atoms with Crippen LogP contribution in [0.15, 0.2) is 78.9 Å². The van der Waals surface area contributed by atoms with Crippen LogP contribution in [-0.4, -0.2) is 20.4 Å². The molecule has 1 atom stereocenters. The van der Waals surface area contributed by atoms with Crippen LogP contribution in [0, 0.1) is 50.1 Å². The van der Waals surface area contributed by atoms with E-state index in [2.05, 4.69) is 65.8 Å². The summed E-state index contributed by atoms with van der Waals surface area (Å²) in [5.74, 6) is 3.06. The van der Waals surface area contributed by atoms with Gasteiger partial charge in [0.25, 0.3) is 0 Å². The summed E-state index contributed by atoms with van der Waals surface area (Å²) in [6, 6.07) is 25.8. The molecule has 10 heteroatoms. The molecule has 5 aromatic rings. The van der Waals surface area contributed by atoms with Crippen molar-refractivity contribution in [2.45, 2.75) is 70.6 Å². The summed E-state index contributed by atoms with van der Waals surface area (Å²) < 4.78 is 2.48. The van der Waals surface area contributed by atoms with Crippen LogP contribution >= 0.6 is 46.4 Å². The molecule has 4 fully saturated rings. The molecule has 9 rings (SSSR count). The number of amides is 1. The first-order chi connectivity index (χ1) is 26.5. The standard InChI is InChI=1S/C45H45Cl4N5O/c1-3-52(4-2)35-10-7-33(8-11-35)44-51-40-20-34(9-14-41(40)54(44)27-45-22-30-15-31(23-45)17-32(16-30)24-45)42(21-43(50)55)53(25-28-5-12-36(46)38(48)18-28)26-29-6-13-37(47)39(49)19-29/h3-14,18-20,30-32,42H,1-2,15-17,21-27H2,(H2,50,55). The predicted octanol–water partition coefficient (Wildman–Crippen LogP) is 12.0. The lowest BCUT2D eigenvalue weighted by Crippen LogP contribution is -2.47. The maximum Gasteiger partial charge on any atom is 0.219 e. The average molecular weight is 814 g/mol. The van der Waals surface area contributed by atoms with Gasteiger partial charge in [0.1, 0.15) is 5.82 Å². The lowest BCUT2D eigenvalue weighted by atomic mass is 9.49. The Morgan fingerprint density at radius 3 is 1.87 bits per heavy atom. The van der Waals surface area contributed by atoms with Gasteiger partial charge in [0.15, 0.2) is 0 Å². The second-order valence-corrected chi connectivity index (χ2v) is 17.7. The van der Waals surface area contributed by atoms with Gasteiger partial charge in [0, 0.05) is 56.4 Å². The quantitative estimate of drug-likeness (QED) is 0.121. The Labute approximate surface area is 344 Å². The van der Waals surface area contributed by atoms with Gasteiger partial charge in [-0.05, 0) is 153 Å². The number of hydrogen-bond donors (Lipinski definition) is 1. The highest BCUT2D eigenvalue weighted by atomic mass is 35.5. The van der Waals surface area contributed by atoms with E-state index in [1.165, 1.54) is 38.5 Å². The summed E-state index contributed by atoms with van der Waals surface area (Å²) in [5, 5.41) is 1.89. The van der Waals surface area contributed by atoms with Crippen molar-refractivity contribution >= 4 is 69.0 Å². The van der Waals surface area contributed by atoms with Gasteiger partial charge >= 0.3 is 0 Å². The summed E-state index contributed by atoms with van der Waals surface area (Å²) in [7, 11) is 0. The topological polar surface area (TPSA) is 67.4 Å². The maximum atomic E-state index is 12.9. The summed E-state index contributed by atoms with van der Waals surface area (Å²) in [6.45, 7) is 13.3. The van der Waals surface area contributed by atoms with E-state index in [1.807, 2.05) is 29.2 Å². The first-order valence-electron chi connectivity index (χ1n) is 19.0. The maximum absolute atomic E-state index is 12.9. The number of imidazole rings is 1. The van der Waals surface area contributed by atoms with E-state index >= 15 is 0 Å². The molecule has 1 unspecified atom stereocenters. The number of nitrogens with two attached hydrogens (primary N) is 1. The van der Waals surface area contributed by atoms with Crippen molar-refractivity contribution in [3.63, 3.8) is 0 Å². The third-order valence-corrected chi connectivity index (χ3v) is 13.7. The second-order valence-electron chi connectivity index (χ2n) is 16.1. The molecule has 1 amide bonds. The van der Waals surface area contributed by atoms with Crippen LogP contribution in [0.5, 0.6) is 0 Å². The van der Waals surface area contributed by atoms with Gasteiger partial charge in [-0.3, -0.25) is 9.69 Å². The minimum absolute atomic E-state index is 0.0968. The van der Waals surface area contributed by atoms with Gasteiger partial charge in [-0.25, -0.2) is 4.98 Å². The van der Waals surface area contributed by atoms with Crippen molar-refractivity contribution < 1.29 is 4.79 Å². The van der Waals surface area contributed by atoms with E-state index in [0.717, 1.165) is 69.1 Å². The Balaban J connectivity index is 1.21. The number of halogens is 4. The van der Waals surface area contributed by atoms with Gasteiger partial charge in [-0.15, -0.1) is 0 Å². The lowest BCUT2D eigenvalue weighted by Gasteiger charge is -2.57. The first-order valence-corrected chi connectivity index (χ1v) is 20.5. The van der Waals surface area contributed by atoms with Crippen molar-refractivity contribution in [1.29, 1.82) is 0 Å². The highest BCUT2D eigenvalue weighted by Gasteiger charge is 2.51. The second kappa shape index (κ2) is 15.9. The fourth-order valence-corrected chi connectivity index (χ4v) is 10.9. The van der Waals surface area contributed by atoms with Gasteiger partial charge in [0.05, 0.1) is 31.1 Å². The zero-order valence-corrected chi connectivity index (χ0v) is 33.8. The summed E-state index contributed by atoms with van der Waals surface area (Å²) in [6.07, 6.45) is 8.16. The minimum Gasteiger partial charge on any atom is -0.370 e. The molecule has 4 saturated carbocycles. The molecule has 55 heavy (non-hydrogen) atoms. The van der Waals surface area contributed by atoms with Crippen LogP contribution in [0.4, 0.5) is 5.69 Å². The smallest absolute Gasteiger partial charge is 0.219 e. The zero-order valence-electron chi connectivity index (χ0n) is 30.7. The van der Waals surface area contributed by atoms with Gasteiger partial charge in [-0.1, -0.05) is 64.6 Å². The van der Waals surface area contributed by atoms with E-state index in [1.54, 1.807) is 25.2 Å². The minimum atomic E-state index is -0.403. The third-order valence-electron chi connectivity index (χ3n) is 12.2. The molecule has 0 aliphatic heterocycles. The number of benzene rings is 4. The van der Waals surface area contributed by atoms with E-state index in [4.69, 9.17) is 57.1 Å². The third kappa shape index (κ3) is 8.13. The van der Waals surface area contributed by atoms with E-state index in [-0.39, 0.29) is 17.9 Å². The number of fused-ring (bicyclic) bond motifs is 1. The molecular weight excluding hydrogens is 768 g/mol. The van der Waals surface area contributed by atoms with Crippen LogP contribution in [0.25, 0.3) is 22.4 Å². The van der Waals surface area contributed by atoms with Crippen molar-refractivity contribution in [2.24, 2.45) is 28.9 Å². The Hall–Kier alpha value is -3.26. The number of anilines is 1. The highest BCUT2D eigenvalue weighted by Crippen LogP contribution is 2.61. The molecule has 2 N–H and O–H groups in total. The first kappa shape index (κ1) is 38.6. The Morgan fingerprint density at radius 2 is 1.36 bits per heavy atom. The number of hydrogen-bond acceptors (Lipinski definition) is 4. The Morgan fingerprint density at radius 1 is 0.800 bits per heavy atom. The van der Waals surface area contributed by atoms with Gasteiger partial charge < -0.3 is 15.2 Å². The summed E-state index contributed by atoms with van der Waals surface area (Å²) in [5.41, 5.74) is 13.1. The van der Waals surface area contributed by atoms with E-state index in [9.17, 15) is 4.79 Å². The van der Waals surface area contributed by atoms with Gasteiger partial charge in [0.2, 0.25) is 5.91 Å². The fraction of sp³-hybridized carbons (Fsp3) is 0.333. The molecule has 1 aromatic heterocycles. The molecule has 4 aliphatic rings. The van der Waals surface area contributed by atoms with Gasteiger partial charge in [-0.2, -0.15) is 0 Å². The Kier molecular flexibility index (Phi) is 11.2. The number of nitrogens with zero attached hydrogens (tertiary/aromatic N) is 4. The molecule has 6 nitrogen and oxygen atoms in total. The summed E-state index contributed by atoms with van der Waals surface area (Å²) >= 11 is 25.6. The number of carbonyl (C=O) groups excluding carboxylic acids is 1. The molecule has 284 valence electrons. The lowest BCUT2D eigenvalue weighted by molar-refractivity contribution is -0.119. The fourth-order valence-electron chi connectivity index (χ4n) is 10.3.